The smallest absolute Gasteiger partial charge is 0.449 e. The summed E-state index contributed by atoms with van der Waals surface area (Å²) in [7, 11) is 1.54. The third-order valence-corrected chi connectivity index (χ3v) is 5.56. The molecule has 1 saturated heterocycles. The molecule has 1 atom stereocenters. The number of carbonyl (C=O) groups is 1. The van der Waals surface area contributed by atoms with Crippen molar-refractivity contribution in [3.63, 3.8) is 0 Å². The minimum atomic E-state index is -4.68. The number of carbonyl (C=O) groups excluding carboxylic acids is 1. The number of imidazole rings is 1. The average molecular weight is 447 g/mol. The van der Waals surface area contributed by atoms with Crippen LogP contribution in [0.15, 0.2) is 48.5 Å². The lowest BCUT2D eigenvalue weighted by Crippen LogP contribution is -2.39. The second-order valence-electron chi connectivity index (χ2n) is 7.73. The fourth-order valence-corrected chi connectivity index (χ4v) is 4.02. The first-order valence-corrected chi connectivity index (χ1v) is 10.4. The summed E-state index contributed by atoms with van der Waals surface area (Å²) in [5.74, 6) is -0.914. The molecule has 32 heavy (non-hydrogen) atoms. The third-order valence-electron chi connectivity index (χ3n) is 5.56. The zero-order chi connectivity index (χ0) is 22.7. The van der Waals surface area contributed by atoms with Crippen molar-refractivity contribution >= 4 is 16.9 Å². The van der Waals surface area contributed by atoms with Gasteiger partial charge in [0.1, 0.15) is 12.3 Å². The van der Waals surface area contributed by atoms with Gasteiger partial charge in [-0.15, -0.1) is 0 Å². The number of hydrogen-bond donors (Lipinski definition) is 0. The number of para-hydroxylation sites is 3. The largest absolute Gasteiger partial charge is 0.496 e. The van der Waals surface area contributed by atoms with E-state index in [0.717, 1.165) is 23.0 Å². The van der Waals surface area contributed by atoms with E-state index in [-0.39, 0.29) is 23.7 Å². The molecular weight excluding hydrogens is 423 g/mol. The first kappa shape index (κ1) is 22.1. The Labute approximate surface area is 183 Å². The van der Waals surface area contributed by atoms with E-state index < -0.39 is 24.5 Å². The molecule has 0 saturated carbocycles. The van der Waals surface area contributed by atoms with Gasteiger partial charge >= 0.3 is 6.18 Å². The lowest BCUT2D eigenvalue weighted by molar-refractivity contribution is -0.148. The number of fused-ring (bicyclic) bond motifs is 1. The molecule has 1 aliphatic rings. The fourth-order valence-electron chi connectivity index (χ4n) is 4.02. The predicted molar refractivity (Wildman–Crippen MR) is 112 cm³/mol. The molecule has 1 aliphatic heterocycles. The Kier molecular flexibility index (Phi) is 6.36. The molecule has 4 rings (SSSR count). The molecule has 6 nitrogen and oxygen atoms in total. The van der Waals surface area contributed by atoms with Crippen LogP contribution in [0.25, 0.3) is 11.0 Å². The van der Waals surface area contributed by atoms with Crippen molar-refractivity contribution in [2.75, 3.05) is 20.3 Å². The van der Waals surface area contributed by atoms with E-state index in [1.165, 1.54) is 19.2 Å². The Morgan fingerprint density at radius 3 is 2.69 bits per heavy atom. The summed E-state index contributed by atoms with van der Waals surface area (Å²) in [4.78, 5) is 18.6. The second kappa shape index (κ2) is 9.20. The number of ether oxygens (including phenoxy) is 2. The average Bonchev–Trinajstić information content (AvgIpc) is 3.41. The predicted octanol–water partition coefficient (Wildman–Crippen LogP) is 4.27. The summed E-state index contributed by atoms with van der Waals surface area (Å²) in [6.07, 6.45) is -3.12. The summed E-state index contributed by atoms with van der Waals surface area (Å²) in [5.41, 5.74) is 1.23. The van der Waals surface area contributed by atoms with Crippen LogP contribution in [0.3, 0.4) is 0 Å². The Balaban J connectivity index is 1.65. The highest BCUT2D eigenvalue weighted by Gasteiger charge is 2.38. The Hall–Kier alpha value is -3.07. The van der Waals surface area contributed by atoms with Crippen molar-refractivity contribution in [2.45, 2.75) is 38.2 Å². The van der Waals surface area contributed by atoms with Crippen LogP contribution < -0.4 is 4.74 Å². The molecule has 1 unspecified atom stereocenters. The van der Waals surface area contributed by atoms with Crippen LogP contribution in [0.2, 0.25) is 0 Å². The van der Waals surface area contributed by atoms with Crippen molar-refractivity contribution in [1.82, 2.24) is 14.5 Å². The van der Waals surface area contributed by atoms with Gasteiger partial charge in [0.2, 0.25) is 11.7 Å². The minimum Gasteiger partial charge on any atom is -0.496 e. The molecule has 0 aliphatic carbocycles. The van der Waals surface area contributed by atoms with Crippen LogP contribution in [0.1, 0.15) is 24.2 Å². The summed E-state index contributed by atoms with van der Waals surface area (Å²) >= 11 is 0. The number of aromatic nitrogens is 2. The summed E-state index contributed by atoms with van der Waals surface area (Å²) in [6.45, 7) is 0.643. The Bertz CT molecular complexity index is 1090. The molecule has 1 aromatic heterocycles. The molecule has 3 aromatic rings. The number of halogens is 3. The number of hydrogen-bond acceptors (Lipinski definition) is 4. The van der Waals surface area contributed by atoms with Crippen LogP contribution in [0.5, 0.6) is 5.75 Å². The lowest BCUT2D eigenvalue weighted by Gasteiger charge is -2.27. The molecule has 0 bridgehead atoms. The number of rotatable bonds is 7. The zero-order valence-corrected chi connectivity index (χ0v) is 17.6. The molecule has 2 aromatic carbocycles. The van der Waals surface area contributed by atoms with E-state index in [1.54, 1.807) is 23.1 Å². The highest BCUT2D eigenvalue weighted by Crippen LogP contribution is 2.32. The molecule has 1 amide bonds. The van der Waals surface area contributed by atoms with Crippen LogP contribution in [-0.2, 0) is 28.8 Å². The van der Waals surface area contributed by atoms with Crippen LogP contribution in [0, 0.1) is 0 Å². The second-order valence-corrected chi connectivity index (χ2v) is 7.73. The molecule has 9 heteroatoms. The summed E-state index contributed by atoms with van der Waals surface area (Å²) in [5, 5.41) is 0. The maximum absolute atomic E-state index is 13.7. The van der Waals surface area contributed by atoms with Crippen LogP contribution >= 0.6 is 0 Å². The molecule has 0 N–H and O–H groups in total. The first-order chi connectivity index (χ1) is 15.4. The van der Waals surface area contributed by atoms with Gasteiger partial charge in [-0.1, -0.05) is 30.3 Å². The van der Waals surface area contributed by atoms with Crippen molar-refractivity contribution < 1.29 is 27.4 Å². The summed E-state index contributed by atoms with van der Waals surface area (Å²) < 4.78 is 53.0. The number of alkyl halides is 3. The number of methoxy groups -OCH3 is 1. The van der Waals surface area contributed by atoms with E-state index in [2.05, 4.69) is 4.98 Å². The lowest BCUT2D eigenvalue weighted by atomic mass is 10.1. The minimum absolute atomic E-state index is 0.143. The van der Waals surface area contributed by atoms with Crippen molar-refractivity contribution in [2.24, 2.45) is 0 Å². The van der Waals surface area contributed by atoms with E-state index >= 15 is 0 Å². The summed E-state index contributed by atoms with van der Waals surface area (Å²) in [6, 6.07) is 13.6. The maximum atomic E-state index is 13.7. The Morgan fingerprint density at radius 2 is 1.97 bits per heavy atom. The molecule has 2 heterocycles. The number of nitrogens with zero attached hydrogens (tertiary/aromatic N) is 3. The van der Waals surface area contributed by atoms with Gasteiger partial charge in [-0.25, -0.2) is 4.98 Å². The van der Waals surface area contributed by atoms with Gasteiger partial charge in [-0.2, -0.15) is 13.2 Å². The van der Waals surface area contributed by atoms with E-state index in [4.69, 9.17) is 9.47 Å². The molecule has 170 valence electrons. The molecule has 1 fully saturated rings. The van der Waals surface area contributed by atoms with Gasteiger partial charge in [0.15, 0.2) is 0 Å². The quantitative estimate of drug-likeness (QED) is 0.543. The standard InChI is InChI=1S/C23H24F3N3O3/c1-31-20-11-5-2-7-16(20)13-28(14-17-8-6-12-32-17)21(30)15-29-19-10-4-3-9-18(19)27-22(29)23(24,25)26/h2-5,7,9-11,17H,6,8,12-15H2,1H3. The van der Waals surface area contributed by atoms with Crippen LogP contribution in [0.4, 0.5) is 13.2 Å². The van der Waals surface area contributed by atoms with Crippen LogP contribution in [-0.4, -0.2) is 46.7 Å². The van der Waals surface area contributed by atoms with Gasteiger partial charge in [0.25, 0.3) is 0 Å². The van der Waals surface area contributed by atoms with E-state index in [0.29, 0.717) is 18.9 Å². The number of amides is 1. The molecule has 0 radical (unpaired) electrons. The van der Waals surface area contributed by atoms with Crippen molar-refractivity contribution in [3.05, 3.63) is 59.9 Å². The first-order valence-electron chi connectivity index (χ1n) is 10.4. The molecular formula is C23H24F3N3O3. The van der Waals surface area contributed by atoms with Crippen molar-refractivity contribution in [1.29, 1.82) is 0 Å². The van der Waals surface area contributed by atoms with Gasteiger partial charge in [0, 0.05) is 25.3 Å². The topological polar surface area (TPSA) is 56.6 Å². The highest BCUT2D eigenvalue weighted by atomic mass is 19.4. The maximum Gasteiger partial charge on any atom is 0.449 e. The SMILES string of the molecule is COc1ccccc1CN(CC1CCCO1)C(=O)Cn1c(C(F)(F)F)nc2ccccc21. The zero-order valence-electron chi connectivity index (χ0n) is 17.6. The van der Waals surface area contributed by atoms with Gasteiger partial charge in [-0.05, 0) is 31.0 Å². The van der Waals surface area contributed by atoms with Gasteiger partial charge in [0.05, 0.1) is 24.2 Å². The fraction of sp³-hybridized carbons (Fsp3) is 0.391. The Morgan fingerprint density at radius 1 is 1.22 bits per heavy atom. The van der Waals surface area contributed by atoms with E-state index in [1.807, 2.05) is 18.2 Å². The third kappa shape index (κ3) is 4.72. The monoisotopic (exact) mass is 447 g/mol. The number of benzene rings is 2. The van der Waals surface area contributed by atoms with Crippen molar-refractivity contribution in [3.8, 4) is 5.75 Å². The van der Waals surface area contributed by atoms with Gasteiger partial charge < -0.3 is 18.9 Å². The van der Waals surface area contributed by atoms with Gasteiger partial charge in [-0.3, -0.25) is 4.79 Å². The highest BCUT2D eigenvalue weighted by molar-refractivity contribution is 5.81. The normalized spacial score (nSPS) is 16.4. The molecule has 0 spiro atoms. The van der Waals surface area contributed by atoms with E-state index in [9.17, 15) is 18.0 Å².